The summed E-state index contributed by atoms with van der Waals surface area (Å²) in [7, 11) is 0. The molecule has 3 N–H and O–H groups in total. The first-order valence-electron chi connectivity index (χ1n) is 6.79. The third-order valence-electron chi connectivity index (χ3n) is 3.13. The number of halogens is 1. The normalized spacial score (nSPS) is 10.8. The molecule has 0 fully saturated rings. The van der Waals surface area contributed by atoms with E-state index >= 15 is 0 Å². The van der Waals surface area contributed by atoms with Gasteiger partial charge in [0.25, 0.3) is 0 Å². The summed E-state index contributed by atoms with van der Waals surface area (Å²) in [5.41, 5.74) is 7.58. The molecule has 1 aromatic heterocycles. The van der Waals surface area contributed by atoms with E-state index in [2.05, 4.69) is 9.97 Å². The largest absolute Gasteiger partial charge is 0.342 e. The Labute approximate surface area is 119 Å². The predicted octanol–water partition coefficient (Wildman–Crippen LogP) is 3.79. The van der Waals surface area contributed by atoms with Gasteiger partial charge in [0, 0.05) is 17.0 Å². The van der Waals surface area contributed by atoms with Gasteiger partial charge >= 0.3 is 0 Å². The molecule has 4 heteroatoms. The molecule has 102 valence electrons. The van der Waals surface area contributed by atoms with Gasteiger partial charge in [0.15, 0.2) is 0 Å². The van der Waals surface area contributed by atoms with Crippen LogP contribution in [-0.2, 0) is 6.42 Å². The first-order valence-corrected chi connectivity index (χ1v) is 7.17. The van der Waals surface area contributed by atoms with E-state index in [0.717, 1.165) is 47.9 Å². The van der Waals surface area contributed by atoms with Crippen LogP contribution in [0.5, 0.6) is 0 Å². The van der Waals surface area contributed by atoms with E-state index in [1.807, 2.05) is 30.5 Å². The Morgan fingerprint density at radius 1 is 1.16 bits per heavy atom. The number of rotatable bonds is 7. The molecule has 2 aromatic rings. The van der Waals surface area contributed by atoms with Gasteiger partial charge in [-0.2, -0.15) is 0 Å². The standard InChI is InChI=1S/C15H20ClN3/c16-13-7-5-6-12(10-13)14-11-18-15(19-14)8-3-1-2-4-9-17/h5-7,10-11H,1-4,8-9,17H2,(H,18,19). The minimum Gasteiger partial charge on any atom is -0.342 e. The maximum atomic E-state index is 5.99. The number of hydrogen-bond donors (Lipinski definition) is 2. The van der Waals surface area contributed by atoms with Gasteiger partial charge in [0.2, 0.25) is 0 Å². The second kappa shape index (κ2) is 7.31. The molecule has 0 unspecified atom stereocenters. The minimum absolute atomic E-state index is 0.746. The fourth-order valence-electron chi connectivity index (χ4n) is 2.08. The monoisotopic (exact) mass is 277 g/mol. The molecule has 0 spiro atoms. The van der Waals surface area contributed by atoms with Crippen LogP contribution in [0.2, 0.25) is 5.02 Å². The number of nitrogens with two attached hydrogens (primary N) is 1. The fraction of sp³-hybridized carbons (Fsp3) is 0.400. The van der Waals surface area contributed by atoms with Crippen LogP contribution in [0.1, 0.15) is 31.5 Å². The van der Waals surface area contributed by atoms with E-state index in [1.165, 1.54) is 12.8 Å². The molecule has 19 heavy (non-hydrogen) atoms. The first kappa shape index (κ1) is 14.1. The van der Waals surface area contributed by atoms with Crippen molar-refractivity contribution in [2.75, 3.05) is 6.54 Å². The highest BCUT2D eigenvalue weighted by molar-refractivity contribution is 6.30. The van der Waals surface area contributed by atoms with Crippen molar-refractivity contribution in [3.8, 4) is 11.3 Å². The molecule has 1 heterocycles. The van der Waals surface area contributed by atoms with Crippen molar-refractivity contribution >= 4 is 11.6 Å². The quantitative estimate of drug-likeness (QED) is 0.757. The van der Waals surface area contributed by atoms with E-state index in [-0.39, 0.29) is 0 Å². The Kier molecular flexibility index (Phi) is 5.43. The fourth-order valence-corrected chi connectivity index (χ4v) is 2.27. The Morgan fingerprint density at radius 2 is 2.00 bits per heavy atom. The zero-order valence-electron chi connectivity index (χ0n) is 11.0. The maximum Gasteiger partial charge on any atom is 0.106 e. The molecular formula is C15H20ClN3. The number of hydrogen-bond acceptors (Lipinski definition) is 2. The highest BCUT2D eigenvalue weighted by Gasteiger charge is 2.03. The van der Waals surface area contributed by atoms with Crippen LogP contribution in [0.25, 0.3) is 11.3 Å². The molecular weight excluding hydrogens is 258 g/mol. The van der Waals surface area contributed by atoms with Crippen LogP contribution in [0, 0.1) is 0 Å². The van der Waals surface area contributed by atoms with Crippen LogP contribution in [-0.4, -0.2) is 16.5 Å². The Hall–Kier alpha value is -1.32. The number of benzene rings is 1. The lowest BCUT2D eigenvalue weighted by Crippen LogP contribution is -1.98. The van der Waals surface area contributed by atoms with E-state index in [9.17, 15) is 0 Å². The summed E-state index contributed by atoms with van der Waals surface area (Å²) in [5.74, 6) is 1.04. The predicted molar refractivity (Wildman–Crippen MR) is 80.3 cm³/mol. The molecule has 0 radical (unpaired) electrons. The maximum absolute atomic E-state index is 5.99. The van der Waals surface area contributed by atoms with Gasteiger partial charge in [-0.15, -0.1) is 0 Å². The zero-order valence-corrected chi connectivity index (χ0v) is 11.8. The molecule has 0 saturated carbocycles. The average molecular weight is 278 g/mol. The van der Waals surface area contributed by atoms with Crippen LogP contribution < -0.4 is 5.73 Å². The number of nitrogens with one attached hydrogen (secondary N) is 1. The minimum atomic E-state index is 0.746. The van der Waals surface area contributed by atoms with Crippen molar-refractivity contribution in [1.82, 2.24) is 9.97 Å². The Morgan fingerprint density at radius 3 is 2.79 bits per heavy atom. The SMILES string of the molecule is NCCCCCCc1ncc(-c2cccc(Cl)c2)[nH]1. The highest BCUT2D eigenvalue weighted by Crippen LogP contribution is 2.21. The summed E-state index contributed by atoms with van der Waals surface area (Å²) < 4.78 is 0. The van der Waals surface area contributed by atoms with Crippen molar-refractivity contribution in [3.05, 3.63) is 41.3 Å². The van der Waals surface area contributed by atoms with E-state index in [4.69, 9.17) is 17.3 Å². The van der Waals surface area contributed by atoms with Gasteiger partial charge in [0.05, 0.1) is 11.9 Å². The van der Waals surface area contributed by atoms with Crippen molar-refractivity contribution in [2.45, 2.75) is 32.1 Å². The van der Waals surface area contributed by atoms with Crippen LogP contribution in [0.3, 0.4) is 0 Å². The number of aromatic nitrogens is 2. The lowest BCUT2D eigenvalue weighted by atomic mass is 10.1. The lowest BCUT2D eigenvalue weighted by molar-refractivity contribution is 0.638. The lowest BCUT2D eigenvalue weighted by Gasteiger charge is -1.99. The molecule has 0 aliphatic heterocycles. The van der Waals surface area contributed by atoms with Gasteiger partial charge in [-0.05, 0) is 31.5 Å². The molecule has 0 saturated heterocycles. The second-order valence-electron chi connectivity index (χ2n) is 4.71. The number of unbranched alkanes of at least 4 members (excludes halogenated alkanes) is 3. The highest BCUT2D eigenvalue weighted by atomic mass is 35.5. The third kappa shape index (κ3) is 4.37. The molecule has 0 bridgehead atoms. The van der Waals surface area contributed by atoms with E-state index in [0.29, 0.717) is 0 Å². The average Bonchev–Trinajstić information content (AvgIpc) is 2.87. The summed E-state index contributed by atoms with van der Waals surface area (Å²) in [6, 6.07) is 7.80. The summed E-state index contributed by atoms with van der Waals surface area (Å²) in [6.45, 7) is 0.791. The second-order valence-corrected chi connectivity index (χ2v) is 5.14. The Bertz CT molecular complexity index is 508. The number of imidazole rings is 1. The molecule has 2 rings (SSSR count). The number of aryl methyl sites for hydroxylation is 1. The first-order chi connectivity index (χ1) is 9.29. The topological polar surface area (TPSA) is 54.7 Å². The van der Waals surface area contributed by atoms with Crippen molar-refractivity contribution < 1.29 is 0 Å². The molecule has 0 aliphatic rings. The van der Waals surface area contributed by atoms with Crippen LogP contribution in [0.4, 0.5) is 0 Å². The molecule has 0 aliphatic carbocycles. The molecule has 3 nitrogen and oxygen atoms in total. The Balaban J connectivity index is 1.88. The van der Waals surface area contributed by atoms with Crippen LogP contribution >= 0.6 is 11.6 Å². The molecule has 0 atom stereocenters. The van der Waals surface area contributed by atoms with Gasteiger partial charge in [0.1, 0.15) is 5.82 Å². The zero-order chi connectivity index (χ0) is 13.5. The van der Waals surface area contributed by atoms with Gasteiger partial charge in [-0.1, -0.05) is 36.6 Å². The van der Waals surface area contributed by atoms with Gasteiger partial charge in [-0.3, -0.25) is 0 Å². The van der Waals surface area contributed by atoms with Gasteiger partial charge < -0.3 is 10.7 Å². The van der Waals surface area contributed by atoms with Crippen molar-refractivity contribution in [1.29, 1.82) is 0 Å². The summed E-state index contributed by atoms with van der Waals surface area (Å²) in [5, 5.41) is 0.746. The molecule has 0 amide bonds. The number of aromatic amines is 1. The van der Waals surface area contributed by atoms with Gasteiger partial charge in [-0.25, -0.2) is 4.98 Å². The van der Waals surface area contributed by atoms with Crippen molar-refractivity contribution in [3.63, 3.8) is 0 Å². The van der Waals surface area contributed by atoms with E-state index < -0.39 is 0 Å². The summed E-state index contributed by atoms with van der Waals surface area (Å²) in [4.78, 5) is 7.77. The van der Waals surface area contributed by atoms with E-state index in [1.54, 1.807) is 0 Å². The summed E-state index contributed by atoms with van der Waals surface area (Å²) in [6.07, 6.45) is 7.56. The molecule has 1 aromatic carbocycles. The smallest absolute Gasteiger partial charge is 0.106 e. The number of H-pyrrole nitrogens is 1. The summed E-state index contributed by atoms with van der Waals surface area (Å²) >= 11 is 5.99. The number of nitrogens with zero attached hydrogens (tertiary/aromatic N) is 1. The van der Waals surface area contributed by atoms with Crippen LogP contribution in [0.15, 0.2) is 30.5 Å². The van der Waals surface area contributed by atoms with Crippen molar-refractivity contribution in [2.24, 2.45) is 5.73 Å². The third-order valence-corrected chi connectivity index (χ3v) is 3.37.